The molecule has 116 valence electrons. The Labute approximate surface area is 117 Å². The van der Waals surface area contributed by atoms with E-state index < -0.39 is 39.7 Å². The summed E-state index contributed by atoms with van der Waals surface area (Å²) in [6.45, 7) is -0.436. The van der Waals surface area contributed by atoms with Crippen molar-refractivity contribution in [2.75, 3.05) is 6.54 Å². The van der Waals surface area contributed by atoms with Gasteiger partial charge in [-0.25, -0.2) is 0 Å². The molecule has 5 nitrogen and oxygen atoms in total. The Bertz CT molecular complexity index is 642. The summed E-state index contributed by atoms with van der Waals surface area (Å²) in [6, 6.07) is 1.90. The molecule has 1 aliphatic heterocycles. The highest BCUT2D eigenvalue weighted by Gasteiger charge is 2.38. The van der Waals surface area contributed by atoms with Crippen molar-refractivity contribution in [1.82, 2.24) is 9.88 Å². The summed E-state index contributed by atoms with van der Waals surface area (Å²) in [5.41, 5.74) is -0.767. The van der Waals surface area contributed by atoms with Crippen LogP contribution in [0, 0.1) is 0 Å². The molecule has 0 bridgehead atoms. The lowest BCUT2D eigenvalue weighted by Gasteiger charge is -2.16. The second kappa shape index (κ2) is 5.24. The van der Waals surface area contributed by atoms with Crippen molar-refractivity contribution in [3.8, 4) is 0 Å². The van der Waals surface area contributed by atoms with E-state index in [1.807, 2.05) is 0 Å². The van der Waals surface area contributed by atoms with Gasteiger partial charge in [0, 0.05) is 25.7 Å². The van der Waals surface area contributed by atoms with E-state index in [0.717, 1.165) is 23.2 Å². The van der Waals surface area contributed by atoms with Gasteiger partial charge in [-0.2, -0.15) is 21.6 Å². The summed E-state index contributed by atoms with van der Waals surface area (Å²) in [5.74, 6) is -0.568. The molecule has 10 heteroatoms. The molecule has 1 atom stereocenters. The number of likely N-dealkylation sites (tertiary alicyclic amines) is 1. The van der Waals surface area contributed by atoms with Gasteiger partial charge in [-0.15, -0.1) is 3.89 Å². The molecule has 1 fully saturated rings. The number of alkyl halides is 3. The quantitative estimate of drug-likeness (QED) is 0.624. The topological polar surface area (TPSA) is 67.3 Å². The summed E-state index contributed by atoms with van der Waals surface area (Å²) < 4.78 is 71.3. The molecule has 2 rings (SSSR count). The average Bonchev–Trinajstić information content (AvgIpc) is 2.70. The van der Waals surface area contributed by atoms with Crippen molar-refractivity contribution >= 4 is 16.1 Å². The fourth-order valence-corrected chi connectivity index (χ4v) is 2.68. The molecule has 0 spiro atoms. The molecular weight excluding hydrogens is 316 g/mol. The Hall–Kier alpha value is -1.71. The second-order valence-corrected chi connectivity index (χ2v) is 6.24. The van der Waals surface area contributed by atoms with Gasteiger partial charge in [0.1, 0.15) is 10.9 Å². The van der Waals surface area contributed by atoms with Crippen molar-refractivity contribution in [3.63, 3.8) is 0 Å². The number of rotatable bonds is 3. The first-order valence-electron chi connectivity index (χ1n) is 5.81. The lowest BCUT2D eigenvalue weighted by molar-refractivity contribution is -0.141. The fraction of sp³-hybridized carbons (Fsp3) is 0.455. The van der Waals surface area contributed by atoms with E-state index in [4.69, 9.17) is 0 Å². The minimum absolute atomic E-state index is 0.115. The lowest BCUT2D eigenvalue weighted by atomic mass is 10.2. The first-order chi connectivity index (χ1) is 9.57. The van der Waals surface area contributed by atoms with Gasteiger partial charge >= 0.3 is 16.4 Å². The van der Waals surface area contributed by atoms with E-state index in [1.165, 1.54) is 0 Å². The van der Waals surface area contributed by atoms with E-state index in [1.54, 1.807) is 0 Å². The highest BCUT2D eigenvalue weighted by molar-refractivity contribution is 7.87. The van der Waals surface area contributed by atoms with Crippen LogP contribution in [-0.2, 0) is 27.7 Å². The van der Waals surface area contributed by atoms with E-state index in [-0.39, 0.29) is 13.1 Å². The molecule has 21 heavy (non-hydrogen) atoms. The Morgan fingerprint density at radius 2 is 2.00 bits per heavy atom. The SMILES string of the molecule is O=C1CC(S(=O)(=O)F)CN1Cc1ccc(C(F)(F)F)nc1. The van der Waals surface area contributed by atoms with Crippen LogP contribution in [0.3, 0.4) is 0 Å². The van der Waals surface area contributed by atoms with Gasteiger partial charge in [0.25, 0.3) is 0 Å². The third-order valence-electron chi connectivity index (χ3n) is 3.07. The number of carbonyl (C=O) groups is 1. The van der Waals surface area contributed by atoms with Gasteiger partial charge in [0.2, 0.25) is 5.91 Å². The molecule has 1 aromatic heterocycles. The van der Waals surface area contributed by atoms with Crippen LogP contribution in [0.1, 0.15) is 17.7 Å². The van der Waals surface area contributed by atoms with Crippen molar-refractivity contribution < 1.29 is 30.3 Å². The highest BCUT2D eigenvalue weighted by atomic mass is 32.3. The minimum Gasteiger partial charge on any atom is -0.337 e. The molecule has 1 amide bonds. The normalized spacial score (nSPS) is 20.1. The van der Waals surface area contributed by atoms with Crippen LogP contribution in [0.15, 0.2) is 18.3 Å². The number of nitrogens with zero attached hydrogens (tertiary/aromatic N) is 2. The maximum absolute atomic E-state index is 12.8. The van der Waals surface area contributed by atoms with E-state index in [9.17, 15) is 30.3 Å². The molecule has 1 aliphatic rings. The Kier molecular flexibility index (Phi) is 3.91. The van der Waals surface area contributed by atoms with Crippen LogP contribution in [0.5, 0.6) is 0 Å². The number of hydrogen-bond donors (Lipinski definition) is 0. The van der Waals surface area contributed by atoms with Gasteiger partial charge in [-0.1, -0.05) is 6.07 Å². The Morgan fingerprint density at radius 3 is 2.43 bits per heavy atom. The van der Waals surface area contributed by atoms with Crippen LogP contribution < -0.4 is 0 Å². The van der Waals surface area contributed by atoms with Gasteiger partial charge in [0.05, 0.1) is 0 Å². The van der Waals surface area contributed by atoms with E-state index in [2.05, 4.69) is 4.98 Å². The maximum Gasteiger partial charge on any atom is 0.433 e. The van der Waals surface area contributed by atoms with Crippen molar-refractivity contribution in [2.24, 2.45) is 0 Å². The van der Waals surface area contributed by atoms with Crippen molar-refractivity contribution in [1.29, 1.82) is 0 Å². The largest absolute Gasteiger partial charge is 0.433 e. The fourth-order valence-electron chi connectivity index (χ4n) is 1.98. The molecular formula is C11H10F4N2O3S. The number of amides is 1. The van der Waals surface area contributed by atoms with Crippen LogP contribution in [0.2, 0.25) is 0 Å². The third kappa shape index (κ3) is 3.69. The van der Waals surface area contributed by atoms with Gasteiger partial charge in [-0.05, 0) is 11.6 Å². The smallest absolute Gasteiger partial charge is 0.337 e. The molecule has 1 saturated heterocycles. The molecule has 0 radical (unpaired) electrons. The van der Waals surface area contributed by atoms with E-state index >= 15 is 0 Å². The maximum atomic E-state index is 12.8. The molecule has 0 aliphatic carbocycles. The average molecular weight is 326 g/mol. The molecule has 0 aromatic carbocycles. The molecule has 0 saturated carbocycles. The summed E-state index contributed by atoms with van der Waals surface area (Å²) in [5, 5.41) is -1.42. The van der Waals surface area contributed by atoms with Crippen molar-refractivity contribution in [3.05, 3.63) is 29.6 Å². The zero-order valence-corrected chi connectivity index (χ0v) is 11.3. The van der Waals surface area contributed by atoms with Crippen LogP contribution in [0.4, 0.5) is 17.1 Å². The number of aromatic nitrogens is 1. The third-order valence-corrected chi connectivity index (χ3v) is 4.18. The Balaban J connectivity index is 2.07. The molecule has 2 heterocycles. The molecule has 1 unspecified atom stereocenters. The van der Waals surface area contributed by atoms with Gasteiger partial charge in [-0.3, -0.25) is 9.78 Å². The van der Waals surface area contributed by atoms with Crippen LogP contribution in [-0.4, -0.2) is 36.0 Å². The number of halogens is 4. The standard InChI is InChI=1S/C11H10F4N2O3S/c12-11(13,14)9-2-1-7(4-16-9)5-17-6-8(3-10(17)18)21(15,19)20/h1-2,4,8H,3,5-6H2. The first kappa shape index (κ1) is 15.7. The predicted molar refractivity (Wildman–Crippen MR) is 63.1 cm³/mol. The van der Waals surface area contributed by atoms with Gasteiger partial charge in [0.15, 0.2) is 0 Å². The van der Waals surface area contributed by atoms with Crippen molar-refractivity contribution in [2.45, 2.75) is 24.4 Å². The zero-order chi connectivity index (χ0) is 15.8. The molecule has 0 N–H and O–H groups in total. The first-order valence-corrected chi connectivity index (χ1v) is 7.25. The second-order valence-electron chi connectivity index (χ2n) is 4.63. The summed E-state index contributed by atoms with van der Waals surface area (Å²) in [6.07, 6.45) is -4.07. The highest BCUT2D eigenvalue weighted by Crippen LogP contribution is 2.27. The predicted octanol–water partition coefficient (Wildman–Crippen LogP) is 1.50. The molecule has 1 aromatic rings. The Morgan fingerprint density at radius 1 is 1.33 bits per heavy atom. The minimum atomic E-state index is -4.81. The van der Waals surface area contributed by atoms with Gasteiger partial charge < -0.3 is 4.90 Å². The summed E-state index contributed by atoms with van der Waals surface area (Å²) in [7, 11) is -4.81. The van der Waals surface area contributed by atoms with Crippen LogP contribution >= 0.6 is 0 Å². The number of pyridine rings is 1. The van der Waals surface area contributed by atoms with Crippen LogP contribution in [0.25, 0.3) is 0 Å². The summed E-state index contributed by atoms with van der Waals surface area (Å²) in [4.78, 5) is 15.9. The summed E-state index contributed by atoms with van der Waals surface area (Å²) >= 11 is 0. The zero-order valence-electron chi connectivity index (χ0n) is 10.5. The monoisotopic (exact) mass is 326 g/mol. The lowest BCUT2D eigenvalue weighted by Crippen LogP contribution is -2.27. The van der Waals surface area contributed by atoms with E-state index in [0.29, 0.717) is 5.56 Å². The number of hydrogen-bond acceptors (Lipinski definition) is 4. The number of carbonyl (C=O) groups excluding carboxylic acids is 1.